The predicted molar refractivity (Wildman–Crippen MR) is 83.9 cm³/mol. The van der Waals surface area contributed by atoms with Gasteiger partial charge in [-0.3, -0.25) is 10.1 Å². The number of ether oxygens (including phenoxy) is 1. The van der Waals surface area contributed by atoms with Crippen LogP contribution in [0.25, 0.3) is 0 Å². The van der Waals surface area contributed by atoms with Gasteiger partial charge < -0.3 is 9.64 Å². The fourth-order valence-electron chi connectivity index (χ4n) is 2.86. The van der Waals surface area contributed by atoms with Crippen molar-refractivity contribution in [3.8, 4) is 0 Å². The quantitative estimate of drug-likeness (QED) is 0.875. The largest absolute Gasteiger partial charge is 0.383 e. The Kier molecular flexibility index (Phi) is 5.37. The van der Waals surface area contributed by atoms with Crippen LogP contribution in [0.1, 0.15) is 37.6 Å². The van der Waals surface area contributed by atoms with E-state index in [0.717, 1.165) is 6.42 Å². The van der Waals surface area contributed by atoms with E-state index in [-0.39, 0.29) is 18.1 Å². The van der Waals surface area contributed by atoms with Crippen LogP contribution in [0.2, 0.25) is 0 Å². The summed E-state index contributed by atoms with van der Waals surface area (Å²) in [6.07, 6.45) is 0.940. The number of hydrogen-bond donors (Lipinski definition) is 1. The minimum absolute atomic E-state index is 0.0483. The van der Waals surface area contributed by atoms with Crippen molar-refractivity contribution in [3.05, 3.63) is 35.4 Å². The number of carbonyl (C=O) groups is 1. The van der Waals surface area contributed by atoms with Crippen LogP contribution in [0.5, 0.6) is 0 Å². The molecular formula is C17H26N2O2. The molecule has 0 saturated carbocycles. The number of nitrogens with zero attached hydrogens (tertiary/aromatic N) is 1. The Morgan fingerprint density at radius 2 is 2.10 bits per heavy atom. The van der Waals surface area contributed by atoms with Gasteiger partial charge in [0.2, 0.25) is 5.91 Å². The minimum Gasteiger partial charge on any atom is -0.383 e. The van der Waals surface area contributed by atoms with Crippen LogP contribution in [0.15, 0.2) is 24.3 Å². The van der Waals surface area contributed by atoms with Crippen molar-refractivity contribution in [3.63, 3.8) is 0 Å². The molecule has 0 radical (unpaired) electrons. The Balaban J connectivity index is 2.28. The zero-order chi connectivity index (χ0) is 15.4. The molecule has 1 heterocycles. The summed E-state index contributed by atoms with van der Waals surface area (Å²) < 4.78 is 5.17. The van der Waals surface area contributed by atoms with Crippen molar-refractivity contribution in [2.75, 3.05) is 20.3 Å². The zero-order valence-electron chi connectivity index (χ0n) is 13.4. The number of methoxy groups -OCH3 is 1. The second-order valence-corrected chi connectivity index (χ2v) is 5.81. The Morgan fingerprint density at radius 3 is 2.71 bits per heavy atom. The van der Waals surface area contributed by atoms with Gasteiger partial charge in [0.15, 0.2) is 0 Å². The van der Waals surface area contributed by atoms with E-state index in [1.165, 1.54) is 11.1 Å². The first-order valence-electron chi connectivity index (χ1n) is 7.71. The maximum Gasteiger partial charge on any atom is 0.241 e. The highest BCUT2D eigenvalue weighted by Gasteiger charge is 2.41. The van der Waals surface area contributed by atoms with Gasteiger partial charge in [-0.1, -0.05) is 44.5 Å². The van der Waals surface area contributed by atoms with Gasteiger partial charge in [0, 0.05) is 13.7 Å². The molecule has 1 fully saturated rings. The molecule has 21 heavy (non-hydrogen) atoms. The van der Waals surface area contributed by atoms with Crippen molar-refractivity contribution >= 4 is 5.91 Å². The third-order valence-electron chi connectivity index (χ3n) is 4.43. The average Bonchev–Trinajstić information content (AvgIpc) is 2.81. The van der Waals surface area contributed by atoms with E-state index in [2.05, 4.69) is 38.2 Å². The Bertz CT molecular complexity index is 489. The van der Waals surface area contributed by atoms with E-state index >= 15 is 0 Å². The molecule has 4 heteroatoms. The van der Waals surface area contributed by atoms with Gasteiger partial charge in [-0.15, -0.1) is 0 Å². The molecule has 3 atom stereocenters. The highest BCUT2D eigenvalue weighted by atomic mass is 16.5. The normalized spacial score (nSPS) is 23.6. The molecule has 116 valence electrons. The minimum atomic E-state index is -0.100. The molecule has 0 spiro atoms. The summed E-state index contributed by atoms with van der Waals surface area (Å²) in [7, 11) is 1.67. The molecule has 1 aliphatic heterocycles. The third kappa shape index (κ3) is 3.27. The lowest BCUT2D eigenvalue weighted by Crippen LogP contribution is -2.36. The molecule has 1 saturated heterocycles. The van der Waals surface area contributed by atoms with E-state index in [4.69, 9.17) is 4.74 Å². The summed E-state index contributed by atoms with van der Waals surface area (Å²) in [4.78, 5) is 14.6. The first-order valence-corrected chi connectivity index (χ1v) is 7.71. The zero-order valence-corrected chi connectivity index (χ0v) is 13.4. The molecule has 0 bridgehead atoms. The van der Waals surface area contributed by atoms with Gasteiger partial charge in [-0.05, 0) is 24.0 Å². The number of rotatable bonds is 6. The molecule has 1 aliphatic rings. The summed E-state index contributed by atoms with van der Waals surface area (Å²) in [5.74, 6) is 0.520. The summed E-state index contributed by atoms with van der Waals surface area (Å²) in [6, 6.07) is 8.14. The summed E-state index contributed by atoms with van der Waals surface area (Å²) >= 11 is 0. The monoisotopic (exact) mass is 290 g/mol. The SMILES string of the molecule is CCC(C)C1NC(c2ccccc2C)N(CCOC)C1=O. The van der Waals surface area contributed by atoms with Crippen molar-refractivity contribution in [2.24, 2.45) is 5.92 Å². The topological polar surface area (TPSA) is 41.6 Å². The summed E-state index contributed by atoms with van der Waals surface area (Å²) in [5.41, 5.74) is 2.38. The number of amides is 1. The van der Waals surface area contributed by atoms with Gasteiger partial charge in [0.05, 0.1) is 12.6 Å². The molecule has 1 N–H and O–H groups in total. The lowest BCUT2D eigenvalue weighted by atomic mass is 9.99. The standard InChI is InChI=1S/C17H26N2O2/c1-5-12(2)15-17(20)19(10-11-21-4)16(18-15)14-9-7-6-8-13(14)3/h6-9,12,15-16,18H,5,10-11H2,1-4H3. The Morgan fingerprint density at radius 1 is 1.38 bits per heavy atom. The van der Waals surface area contributed by atoms with Crippen LogP contribution in [-0.4, -0.2) is 37.1 Å². The van der Waals surface area contributed by atoms with Crippen LogP contribution in [0, 0.1) is 12.8 Å². The van der Waals surface area contributed by atoms with Crippen molar-refractivity contribution in [2.45, 2.75) is 39.4 Å². The highest BCUT2D eigenvalue weighted by molar-refractivity contribution is 5.85. The van der Waals surface area contributed by atoms with Crippen molar-refractivity contribution in [1.29, 1.82) is 0 Å². The number of aryl methyl sites for hydroxylation is 1. The first-order chi connectivity index (χ1) is 10.1. The van der Waals surface area contributed by atoms with Gasteiger partial charge >= 0.3 is 0 Å². The number of carbonyl (C=O) groups excluding carboxylic acids is 1. The van der Waals surface area contributed by atoms with E-state index in [0.29, 0.717) is 19.1 Å². The lowest BCUT2D eigenvalue weighted by Gasteiger charge is -2.25. The number of hydrogen-bond acceptors (Lipinski definition) is 3. The number of benzene rings is 1. The summed E-state index contributed by atoms with van der Waals surface area (Å²) in [6.45, 7) is 7.52. The van der Waals surface area contributed by atoms with Crippen LogP contribution in [0.4, 0.5) is 0 Å². The lowest BCUT2D eigenvalue weighted by molar-refractivity contribution is -0.131. The fourth-order valence-corrected chi connectivity index (χ4v) is 2.86. The van der Waals surface area contributed by atoms with Gasteiger partial charge in [-0.2, -0.15) is 0 Å². The molecule has 0 aliphatic carbocycles. The van der Waals surface area contributed by atoms with Crippen LogP contribution in [0.3, 0.4) is 0 Å². The Hall–Kier alpha value is -1.39. The van der Waals surface area contributed by atoms with Gasteiger partial charge in [0.1, 0.15) is 6.17 Å². The molecule has 1 aromatic carbocycles. The van der Waals surface area contributed by atoms with E-state index in [1.807, 2.05) is 17.0 Å². The second kappa shape index (κ2) is 7.05. The van der Waals surface area contributed by atoms with Crippen LogP contribution >= 0.6 is 0 Å². The van der Waals surface area contributed by atoms with Gasteiger partial charge in [0.25, 0.3) is 0 Å². The maximum atomic E-state index is 12.7. The Labute approximate surface area is 127 Å². The number of nitrogens with one attached hydrogen (secondary N) is 1. The smallest absolute Gasteiger partial charge is 0.241 e. The molecule has 0 aromatic heterocycles. The first kappa shape index (κ1) is 16.0. The molecule has 3 unspecified atom stereocenters. The van der Waals surface area contributed by atoms with E-state index in [9.17, 15) is 4.79 Å². The van der Waals surface area contributed by atoms with Gasteiger partial charge in [-0.25, -0.2) is 0 Å². The molecule has 1 amide bonds. The second-order valence-electron chi connectivity index (χ2n) is 5.81. The maximum absolute atomic E-state index is 12.7. The highest BCUT2D eigenvalue weighted by Crippen LogP contribution is 2.30. The van der Waals surface area contributed by atoms with E-state index < -0.39 is 0 Å². The fraction of sp³-hybridized carbons (Fsp3) is 0.588. The average molecular weight is 290 g/mol. The summed E-state index contributed by atoms with van der Waals surface area (Å²) in [5, 5.41) is 3.53. The van der Waals surface area contributed by atoms with Crippen molar-refractivity contribution < 1.29 is 9.53 Å². The molecular weight excluding hydrogens is 264 g/mol. The van der Waals surface area contributed by atoms with E-state index in [1.54, 1.807) is 7.11 Å². The van der Waals surface area contributed by atoms with Crippen LogP contribution < -0.4 is 5.32 Å². The predicted octanol–water partition coefficient (Wildman–Crippen LogP) is 2.49. The molecule has 4 nitrogen and oxygen atoms in total. The van der Waals surface area contributed by atoms with Crippen LogP contribution in [-0.2, 0) is 9.53 Å². The molecule has 1 aromatic rings. The molecule has 2 rings (SSSR count). The third-order valence-corrected chi connectivity index (χ3v) is 4.43. The van der Waals surface area contributed by atoms with Crippen molar-refractivity contribution in [1.82, 2.24) is 10.2 Å².